The molecular weight excluding hydrogens is 531 g/mol. The van der Waals surface area contributed by atoms with E-state index in [4.69, 9.17) is 22.3 Å². The van der Waals surface area contributed by atoms with E-state index in [9.17, 15) is 10.1 Å². The molecule has 4 aromatic rings. The van der Waals surface area contributed by atoms with E-state index in [1.165, 1.54) is 6.07 Å². The minimum atomic E-state index is -0.507. The molecule has 0 atom stereocenters. The predicted octanol–water partition coefficient (Wildman–Crippen LogP) is 3.48. The molecule has 0 unspecified atom stereocenters. The molecule has 0 aliphatic heterocycles. The molecule has 2 aromatic heterocycles. The molecule has 0 saturated heterocycles. The minimum Gasteiger partial charge on any atom is -0.397 e. The normalized spacial score (nSPS) is 8.88. The fourth-order valence-electron chi connectivity index (χ4n) is 2.42. The molecule has 2 heterocycles. The molecule has 0 bridgehead atoms. The van der Waals surface area contributed by atoms with Crippen molar-refractivity contribution >= 4 is 22.7 Å². The van der Waals surface area contributed by atoms with Crippen molar-refractivity contribution in [2.75, 3.05) is 23.8 Å². The van der Waals surface area contributed by atoms with Crippen molar-refractivity contribution in [1.29, 1.82) is 0 Å². The molecule has 11 nitrogen and oxygen atoms in total. The Morgan fingerprint density at radius 3 is 1.71 bits per heavy atom. The quantitative estimate of drug-likeness (QED) is 0.0965. The number of hydrogen-bond donors (Lipinski definition) is 4. The number of nitrogens with two attached hydrogens (primary N) is 3. The number of rotatable bonds is 3. The van der Waals surface area contributed by atoms with E-state index < -0.39 is 4.92 Å². The van der Waals surface area contributed by atoms with Crippen molar-refractivity contribution in [2.24, 2.45) is 0 Å². The fraction of sp³-hybridized carbons (Fsp3) is 0.136. The summed E-state index contributed by atoms with van der Waals surface area (Å²) >= 11 is 0. The average Bonchev–Trinajstić information content (AvgIpc) is 3.45. The van der Waals surface area contributed by atoms with Gasteiger partial charge in [-0.3, -0.25) is 10.1 Å². The molecular formula is C22H31N8O3Pd-. The van der Waals surface area contributed by atoms with E-state index in [-0.39, 0.29) is 53.3 Å². The molecule has 12 heteroatoms. The number of aliphatic hydroxyl groups is 1. The standard InChI is InChI=1S/C9H8N4O2.C9H10N4.C2H6O.CH4.CH3.Pd/c10-8-5-7(12-4-3-11-6-12)1-2-9(8)13(14)15;10-8-2-1-7(5-9(8)11)13-4-3-12-6-13;1-2-3;;;/h1-6H,10H2;1-6H,10-11H2;3H,2H2,1H3;1H4;1H3;/q;;;;-1;. The Labute approximate surface area is 213 Å². The van der Waals surface area contributed by atoms with Crippen LogP contribution >= 0.6 is 0 Å². The summed E-state index contributed by atoms with van der Waals surface area (Å²) in [5.41, 5.74) is 19.8. The van der Waals surface area contributed by atoms with Gasteiger partial charge in [-0.05, 0) is 37.3 Å². The molecule has 0 spiro atoms. The largest absolute Gasteiger partial charge is 0.397 e. The van der Waals surface area contributed by atoms with Crippen LogP contribution in [0.3, 0.4) is 0 Å². The van der Waals surface area contributed by atoms with Crippen molar-refractivity contribution in [3.63, 3.8) is 0 Å². The zero-order valence-electron chi connectivity index (χ0n) is 18.2. The van der Waals surface area contributed by atoms with Gasteiger partial charge in [-0.1, -0.05) is 7.43 Å². The summed E-state index contributed by atoms with van der Waals surface area (Å²) in [6.45, 7) is 1.93. The smallest absolute Gasteiger partial charge is 0.292 e. The third-order valence-electron chi connectivity index (χ3n) is 3.88. The molecule has 188 valence electrons. The molecule has 0 amide bonds. The van der Waals surface area contributed by atoms with Gasteiger partial charge >= 0.3 is 0 Å². The van der Waals surface area contributed by atoms with Crippen LogP contribution in [0, 0.1) is 17.5 Å². The van der Waals surface area contributed by atoms with Gasteiger partial charge in [0.15, 0.2) is 0 Å². The third-order valence-corrected chi connectivity index (χ3v) is 3.88. The van der Waals surface area contributed by atoms with Crippen molar-refractivity contribution in [3.05, 3.63) is 91.4 Å². The second kappa shape index (κ2) is 16.0. The SMILES string of the molecule is C.CCO.Nc1cc(-n2ccnc2)ccc1[N+](=O)[O-].Nc1ccc(-n2ccnc2)cc1N.[CH3-].[Pd]. The summed E-state index contributed by atoms with van der Waals surface area (Å²) in [6.07, 6.45) is 10.2. The van der Waals surface area contributed by atoms with E-state index in [2.05, 4.69) is 9.97 Å². The Hall–Kier alpha value is -3.72. The first-order chi connectivity index (χ1) is 14.9. The van der Waals surface area contributed by atoms with E-state index in [0.717, 1.165) is 11.4 Å². The third kappa shape index (κ3) is 9.03. The van der Waals surface area contributed by atoms with Crippen molar-refractivity contribution in [1.82, 2.24) is 19.1 Å². The number of hydrogen-bond acceptors (Lipinski definition) is 8. The average molecular weight is 562 g/mol. The predicted molar refractivity (Wildman–Crippen MR) is 133 cm³/mol. The number of benzene rings is 2. The van der Waals surface area contributed by atoms with Crippen LogP contribution in [0.15, 0.2) is 73.8 Å². The zero-order valence-corrected chi connectivity index (χ0v) is 19.7. The van der Waals surface area contributed by atoms with Gasteiger partial charge in [0.2, 0.25) is 0 Å². The van der Waals surface area contributed by atoms with Gasteiger partial charge in [0.25, 0.3) is 5.69 Å². The first-order valence-corrected chi connectivity index (χ1v) is 9.13. The van der Waals surface area contributed by atoms with Crippen LogP contribution in [-0.4, -0.2) is 35.7 Å². The number of aliphatic hydroxyl groups excluding tert-OH is 1. The second-order valence-electron chi connectivity index (χ2n) is 6.07. The van der Waals surface area contributed by atoms with Crippen molar-refractivity contribution in [3.8, 4) is 11.4 Å². The van der Waals surface area contributed by atoms with Gasteiger partial charge in [0.1, 0.15) is 5.69 Å². The molecule has 0 radical (unpaired) electrons. The molecule has 0 saturated carbocycles. The number of nitrogen functional groups attached to an aromatic ring is 3. The van der Waals surface area contributed by atoms with Crippen LogP contribution in [0.25, 0.3) is 11.4 Å². The van der Waals surface area contributed by atoms with Gasteiger partial charge in [-0.25, -0.2) is 9.97 Å². The van der Waals surface area contributed by atoms with E-state index in [1.54, 1.807) is 60.9 Å². The maximum Gasteiger partial charge on any atom is 0.292 e. The van der Waals surface area contributed by atoms with Crippen LogP contribution in [0.2, 0.25) is 0 Å². The minimum absolute atomic E-state index is 0. The van der Waals surface area contributed by atoms with Gasteiger partial charge in [-0.15, -0.1) is 0 Å². The van der Waals surface area contributed by atoms with Crippen LogP contribution in [-0.2, 0) is 20.4 Å². The van der Waals surface area contributed by atoms with Gasteiger partial charge in [-0.2, -0.15) is 0 Å². The summed E-state index contributed by atoms with van der Waals surface area (Å²) in [4.78, 5) is 17.8. The summed E-state index contributed by atoms with van der Waals surface area (Å²) in [5, 5.41) is 18.1. The Bertz CT molecular complexity index is 1100. The Kier molecular flexibility index (Phi) is 15.3. The van der Waals surface area contributed by atoms with Crippen LogP contribution < -0.4 is 17.2 Å². The number of nitro groups is 1. The monoisotopic (exact) mass is 561 g/mol. The van der Waals surface area contributed by atoms with Crippen LogP contribution in [0.4, 0.5) is 22.7 Å². The van der Waals surface area contributed by atoms with Crippen LogP contribution in [0.5, 0.6) is 0 Å². The molecule has 2 aromatic carbocycles. The van der Waals surface area contributed by atoms with Gasteiger partial charge < -0.3 is 38.9 Å². The van der Waals surface area contributed by atoms with Gasteiger partial charge in [0, 0.05) is 69.3 Å². The number of anilines is 3. The van der Waals surface area contributed by atoms with Crippen molar-refractivity contribution < 1.29 is 30.5 Å². The topological polar surface area (TPSA) is 177 Å². The first-order valence-electron chi connectivity index (χ1n) is 9.13. The van der Waals surface area contributed by atoms with Crippen molar-refractivity contribution in [2.45, 2.75) is 14.4 Å². The number of imidazole rings is 2. The summed E-state index contributed by atoms with van der Waals surface area (Å²) in [6, 6.07) is 10.0. The second-order valence-corrected chi connectivity index (χ2v) is 6.07. The maximum absolute atomic E-state index is 10.5. The Morgan fingerprint density at radius 1 is 0.912 bits per heavy atom. The maximum atomic E-state index is 10.5. The van der Waals surface area contributed by atoms with E-state index >= 15 is 0 Å². The number of nitro benzene ring substituents is 1. The summed E-state index contributed by atoms with van der Waals surface area (Å²) in [5.74, 6) is 0. The van der Waals surface area contributed by atoms with Crippen LogP contribution in [0.1, 0.15) is 14.4 Å². The molecule has 7 N–H and O–H groups in total. The molecule has 0 fully saturated rings. The Morgan fingerprint density at radius 2 is 1.35 bits per heavy atom. The first kappa shape index (κ1) is 32.5. The van der Waals surface area contributed by atoms with Gasteiger partial charge in [0.05, 0.1) is 29.0 Å². The Balaban J connectivity index is 0. The molecule has 4 rings (SSSR count). The van der Waals surface area contributed by atoms with E-state index in [0.29, 0.717) is 11.4 Å². The molecule has 0 aliphatic rings. The van der Waals surface area contributed by atoms with E-state index in [1.807, 2.05) is 22.9 Å². The number of nitrogens with zero attached hydrogens (tertiary/aromatic N) is 5. The zero-order chi connectivity index (χ0) is 22.8. The summed E-state index contributed by atoms with van der Waals surface area (Å²) < 4.78 is 3.59. The number of aromatic nitrogens is 4. The molecule has 0 aliphatic carbocycles. The molecule has 34 heavy (non-hydrogen) atoms. The fourth-order valence-corrected chi connectivity index (χ4v) is 2.42. The summed E-state index contributed by atoms with van der Waals surface area (Å²) in [7, 11) is 0.